The molecular formula is C16H19ClN6O2. The van der Waals surface area contributed by atoms with Crippen LogP contribution in [0.25, 0.3) is 0 Å². The van der Waals surface area contributed by atoms with Crippen molar-refractivity contribution in [2.75, 3.05) is 36.1 Å². The van der Waals surface area contributed by atoms with Crippen molar-refractivity contribution in [3.8, 4) is 0 Å². The molecule has 0 unspecified atom stereocenters. The van der Waals surface area contributed by atoms with Crippen LogP contribution in [-0.2, 0) is 9.53 Å². The summed E-state index contributed by atoms with van der Waals surface area (Å²) in [6.07, 6.45) is 4.46. The van der Waals surface area contributed by atoms with E-state index in [0.29, 0.717) is 54.1 Å². The predicted octanol–water partition coefficient (Wildman–Crippen LogP) is 2.24. The predicted molar refractivity (Wildman–Crippen MR) is 95.9 cm³/mol. The monoisotopic (exact) mass is 362 g/mol. The summed E-state index contributed by atoms with van der Waals surface area (Å²) >= 11 is 6.06. The maximum atomic E-state index is 11.6. The number of nitrogens with two attached hydrogens (primary N) is 1. The van der Waals surface area contributed by atoms with Crippen LogP contribution in [0, 0.1) is 5.92 Å². The Morgan fingerprint density at radius 3 is 2.80 bits per heavy atom. The van der Waals surface area contributed by atoms with Crippen LogP contribution in [0.4, 0.5) is 23.0 Å². The van der Waals surface area contributed by atoms with E-state index in [-0.39, 0.29) is 11.9 Å². The zero-order valence-corrected chi connectivity index (χ0v) is 14.5. The van der Waals surface area contributed by atoms with E-state index < -0.39 is 0 Å². The van der Waals surface area contributed by atoms with Crippen LogP contribution in [-0.4, -0.2) is 41.1 Å². The third-order valence-electron chi connectivity index (χ3n) is 4.20. The summed E-state index contributed by atoms with van der Waals surface area (Å²) in [5.41, 5.74) is 7.29. The highest BCUT2D eigenvalue weighted by molar-refractivity contribution is 6.32. The minimum atomic E-state index is -0.163. The van der Waals surface area contributed by atoms with Crippen molar-refractivity contribution >= 4 is 40.6 Å². The Labute approximate surface area is 150 Å². The standard InChI is InChI=1S/C16H19ClN6O2/c1-25-16(24)10-4-7-23(8-5-10)15-12(18)14(20-9-21-15)22-11-3-2-6-19-13(11)17/h2-3,6,9-10H,4-5,7-8,18H2,1H3,(H,20,21,22). The number of methoxy groups -OCH3 is 1. The Morgan fingerprint density at radius 1 is 1.36 bits per heavy atom. The summed E-state index contributed by atoms with van der Waals surface area (Å²) < 4.78 is 4.81. The minimum absolute atomic E-state index is 0.0730. The molecule has 3 heterocycles. The van der Waals surface area contributed by atoms with E-state index in [2.05, 4.69) is 20.3 Å². The van der Waals surface area contributed by atoms with E-state index in [1.165, 1.54) is 13.4 Å². The van der Waals surface area contributed by atoms with Gasteiger partial charge in [0.25, 0.3) is 0 Å². The van der Waals surface area contributed by atoms with Gasteiger partial charge in [-0.25, -0.2) is 15.0 Å². The number of hydrogen-bond acceptors (Lipinski definition) is 8. The van der Waals surface area contributed by atoms with Gasteiger partial charge in [-0.2, -0.15) is 0 Å². The lowest BCUT2D eigenvalue weighted by atomic mass is 9.97. The molecule has 1 saturated heterocycles. The summed E-state index contributed by atoms with van der Waals surface area (Å²) in [6.45, 7) is 1.35. The molecule has 0 spiro atoms. The fraction of sp³-hybridized carbons (Fsp3) is 0.375. The number of halogens is 1. The van der Waals surface area contributed by atoms with Crippen LogP contribution in [0.3, 0.4) is 0 Å². The molecule has 3 rings (SSSR count). The lowest BCUT2D eigenvalue weighted by Crippen LogP contribution is -2.37. The van der Waals surface area contributed by atoms with Crippen molar-refractivity contribution in [2.45, 2.75) is 12.8 Å². The molecule has 9 heteroatoms. The Bertz CT molecular complexity index is 764. The van der Waals surface area contributed by atoms with Crippen molar-refractivity contribution in [3.05, 3.63) is 29.8 Å². The van der Waals surface area contributed by atoms with E-state index in [9.17, 15) is 4.79 Å². The number of carbonyl (C=O) groups excluding carboxylic acids is 1. The molecule has 0 aromatic carbocycles. The summed E-state index contributed by atoms with van der Waals surface area (Å²) in [7, 11) is 1.42. The molecule has 1 aliphatic heterocycles. The summed E-state index contributed by atoms with van der Waals surface area (Å²) in [5.74, 6) is 0.871. The van der Waals surface area contributed by atoms with Crippen LogP contribution in [0.15, 0.2) is 24.7 Å². The molecule has 8 nitrogen and oxygen atoms in total. The van der Waals surface area contributed by atoms with E-state index in [1.807, 2.05) is 4.90 Å². The number of ether oxygens (including phenoxy) is 1. The number of piperidine rings is 1. The largest absolute Gasteiger partial charge is 0.469 e. The highest BCUT2D eigenvalue weighted by Crippen LogP contribution is 2.32. The number of anilines is 4. The van der Waals surface area contributed by atoms with E-state index in [4.69, 9.17) is 22.1 Å². The SMILES string of the molecule is COC(=O)C1CCN(c2ncnc(Nc3cccnc3Cl)c2N)CC1. The van der Waals surface area contributed by atoms with Gasteiger partial charge in [0.15, 0.2) is 16.8 Å². The van der Waals surface area contributed by atoms with Crippen molar-refractivity contribution < 1.29 is 9.53 Å². The smallest absolute Gasteiger partial charge is 0.308 e. The number of aromatic nitrogens is 3. The van der Waals surface area contributed by atoms with Gasteiger partial charge in [-0.05, 0) is 25.0 Å². The van der Waals surface area contributed by atoms with Crippen LogP contribution in [0.1, 0.15) is 12.8 Å². The molecule has 25 heavy (non-hydrogen) atoms. The number of esters is 1. The number of nitrogens with zero attached hydrogens (tertiary/aromatic N) is 4. The van der Waals surface area contributed by atoms with Crippen LogP contribution >= 0.6 is 11.6 Å². The van der Waals surface area contributed by atoms with Gasteiger partial charge < -0.3 is 20.7 Å². The molecule has 0 bridgehead atoms. The first-order valence-electron chi connectivity index (χ1n) is 7.91. The van der Waals surface area contributed by atoms with Gasteiger partial charge >= 0.3 is 5.97 Å². The molecule has 2 aromatic heterocycles. The molecule has 2 aromatic rings. The van der Waals surface area contributed by atoms with Crippen molar-refractivity contribution in [1.29, 1.82) is 0 Å². The van der Waals surface area contributed by atoms with E-state index >= 15 is 0 Å². The van der Waals surface area contributed by atoms with Gasteiger partial charge in [-0.15, -0.1) is 0 Å². The van der Waals surface area contributed by atoms with Crippen LogP contribution < -0.4 is 16.0 Å². The maximum absolute atomic E-state index is 11.6. The summed E-state index contributed by atoms with van der Waals surface area (Å²) in [5, 5.41) is 3.42. The van der Waals surface area contributed by atoms with Crippen molar-refractivity contribution in [1.82, 2.24) is 15.0 Å². The Morgan fingerprint density at radius 2 is 2.12 bits per heavy atom. The Kier molecular flexibility index (Phi) is 5.18. The molecule has 1 aliphatic rings. The first kappa shape index (κ1) is 17.2. The van der Waals surface area contributed by atoms with E-state index in [1.54, 1.807) is 18.3 Å². The summed E-state index contributed by atoms with van der Waals surface area (Å²) in [4.78, 5) is 26.2. The molecule has 0 amide bonds. The number of hydrogen-bond donors (Lipinski definition) is 2. The fourth-order valence-electron chi connectivity index (χ4n) is 2.84. The van der Waals surface area contributed by atoms with Crippen LogP contribution in [0.2, 0.25) is 5.15 Å². The van der Waals surface area contributed by atoms with Gasteiger partial charge in [0.2, 0.25) is 0 Å². The molecule has 0 aliphatic carbocycles. The zero-order chi connectivity index (χ0) is 17.8. The quantitative estimate of drug-likeness (QED) is 0.630. The van der Waals surface area contributed by atoms with Crippen molar-refractivity contribution in [3.63, 3.8) is 0 Å². The molecule has 132 valence electrons. The number of rotatable bonds is 4. The van der Waals surface area contributed by atoms with Gasteiger partial charge in [0.1, 0.15) is 12.0 Å². The second-order valence-corrected chi connectivity index (χ2v) is 6.07. The van der Waals surface area contributed by atoms with Gasteiger partial charge in [-0.3, -0.25) is 4.79 Å². The van der Waals surface area contributed by atoms with Crippen LogP contribution in [0.5, 0.6) is 0 Å². The highest BCUT2D eigenvalue weighted by Gasteiger charge is 2.27. The first-order valence-corrected chi connectivity index (χ1v) is 8.28. The zero-order valence-electron chi connectivity index (χ0n) is 13.8. The number of nitrogen functional groups attached to an aromatic ring is 1. The molecule has 3 N–H and O–H groups in total. The molecule has 0 saturated carbocycles. The second kappa shape index (κ2) is 7.52. The Balaban J connectivity index is 1.76. The third-order valence-corrected chi connectivity index (χ3v) is 4.51. The Hall–Kier alpha value is -2.61. The maximum Gasteiger partial charge on any atom is 0.308 e. The van der Waals surface area contributed by atoms with Gasteiger partial charge in [-0.1, -0.05) is 11.6 Å². The number of pyridine rings is 1. The topological polar surface area (TPSA) is 106 Å². The highest BCUT2D eigenvalue weighted by atomic mass is 35.5. The van der Waals surface area contributed by atoms with E-state index in [0.717, 1.165) is 0 Å². The van der Waals surface area contributed by atoms with Gasteiger partial charge in [0.05, 0.1) is 18.7 Å². The molecule has 0 atom stereocenters. The third kappa shape index (κ3) is 3.74. The average Bonchev–Trinajstić information content (AvgIpc) is 2.65. The molecular weight excluding hydrogens is 344 g/mol. The van der Waals surface area contributed by atoms with Gasteiger partial charge in [0, 0.05) is 19.3 Å². The van der Waals surface area contributed by atoms with Crippen molar-refractivity contribution in [2.24, 2.45) is 5.92 Å². The normalized spacial score (nSPS) is 15.0. The first-order chi connectivity index (χ1) is 12.1. The lowest BCUT2D eigenvalue weighted by Gasteiger charge is -2.32. The lowest BCUT2D eigenvalue weighted by molar-refractivity contribution is -0.146. The number of carbonyl (C=O) groups is 1. The average molecular weight is 363 g/mol. The second-order valence-electron chi connectivity index (χ2n) is 5.71. The molecule has 1 fully saturated rings. The number of nitrogens with one attached hydrogen (secondary N) is 1. The fourth-order valence-corrected chi connectivity index (χ4v) is 3.00. The minimum Gasteiger partial charge on any atom is -0.469 e. The summed E-state index contributed by atoms with van der Waals surface area (Å²) in [6, 6.07) is 3.56. The molecule has 0 radical (unpaired) electrons.